The maximum Gasteiger partial charge on any atom is 0.335 e. The summed E-state index contributed by atoms with van der Waals surface area (Å²) in [6, 6.07) is 5.45. The van der Waals surface area contributed by atoms with E-state index in [1.807, 2.05) is 0 Å². The molecule has 1 aromatic heterocycles. The molecular weight excluding hydrogens is 254 g/mol. The number of hydrogen-bond donors (Lipinski definition) is 2. The summed E-state index contributed by atoms with van der Waals surface area (Å²) in [4.78, 5) is 19.4. The fourth-order valence-electron chi connectivity index (χ4n) is 2.59. The summed E-state index contributed by atoms with van der Waals surface area (Å²) < 4.78 is 0. The molecule has 5 nitrogen and oxygen atoms in total. The number of aromatic carboxylic acids is 1. The fourth-order valence-corrected chi connectivity index (χ4v) is 2.59. The number of carboxylic acids is 1. The van der Waals surface area contributed by atoms with Gasteiger partial charge in [0, 0.05) is 11.4 Å². The van der Waals surface area contributed by atoms with Crippen LogP contribution < -0.4 is 5.32 Å². The number of nitrogens with one attached hydrogen (secondary N) is 1. The van der Waals surface area contributed by atoms with Gasteiger partial charge in [-0.05, 0) is 37.0 Å². The first kappa shape index (κ1) is 12.8. The van der Waals surface area contributed by atoms with Crippen LogP contribution in [0.4, 0.5) is 5.82 Å². The van der Waals surface area contributed by atoms with Crippen LogP contribution in [0, 0.1) is 5.92 Å². The Labute approximate surface area is 117 Å². The average molecular weight is 271 g/mol. The Kier molecular flexibility index (Phi) is 3.26. The van der Waals surface area contributed by atoms with E-state index < -0.39 is 5.97 Å². The summed E-state index contributed by atoms with van der Waals surface area (Å²) in [5.74, 6) is 0.601. The third-order valence-electron chi connectivity index (χ3n) is 3.79. The van der Waals surface area contributed by atoms with Crippen molar-refractivity contribution in [3.05, 3.63) is 30.1 Å². The van der Waals surface area contributed by atoms with Gasteiger partial charge in [-0.15, -0.1) is 0 Å². The van der Waals surface area contributed by atoms with Crippen molar-refractivity contribution >= 4 is 22.7 Å². The van der Waals surface area contributed by atoms with Gasteiger partial charge in [0.1, 0.15) is 12.1 Å². The Bertz CT molecular complexity index is 657. The minimum absolute atomic E-state index is 0.248. The Morgan fingerprint density at radius 3 is 3.05 bits per heavy atom. The number of anilines is 1. The van der Waals surface area contributed by atoms with Gasteiger partial charge < -0.3 is 10.4 Å². The van der Waals surface area contributed by atoms with E-state index in [-0.39, 0.29) is 5.56 Å². The monoisotopic (exact) mass is 271 g/mol. The van der Waals surface area contributed by atoms with Gasteiger partial charge >= 0.3 is 5.97 Å². The second-order valence-electron chi connectivity index (χ2n) is 5.29. The number of nitrogens with zero attached hydrogens (tertiary/aromatic N) is 2. The van der Waals surface area contributed by atoms with Crippen LogP contribution in [0.25, 0.3) is 10.9 Å². The lowest BCUT2D eigenvalue weighted by Crippen LogP contribution is -2.07. The van der Waals surface area contributed by atoms with Gasteiger partial charge in [-0.1, -0.05) is 13.3 Å². The standard InChI is InChI=1S/C15H17N3O2/c1-2-3-9-6-12(9)18-14-11-5-4-10(15(19)20)7-13(11)16-8-17-14/h4-5,7-9,12H,2-3,6H2,1H3,(H,19,20)(H,16,17,18). The van der Waals surface area contributed by atoms with Gasteiger partial charge in [0.15, 0.2) is 0 Å². The minimum Gasteiger partial charge on any atom is -0.478 e. The van der Waals surface area contributed by atoms with E-state index in [1.165, 1.54) is 25.6 Å². The lowest BCUT2D eigenvalue weighted by Gasteiger charge is -2.08. The SMILES string of the molecule is CCCC1CC1Nc1ncnc2cc(C(=O)O)ccc12. The molecule has 0 saturated heterocycles. The van der Waals surface area contributed by atoms with Gasteiger partial charge in [0.25, 0.3) is 0 Å². The molecule has 0 amide bonds. The molecule has 1 aliphatic rings. The summed E-state index contributed by atoms with van der Waals surface area (Å²) in [5, 5.41) is 13.3. The van der Waals surface area contributed by atoms with E-state index in [4.69, 9.17) is 5.11 Å². The van der Waals surface area contributed by atoms with E-state index in [9.17, 15) is 4.79 Å². The van der Waals surface area contributed by atoms with Crippen LogP contribution in [0.15, 0.2) is 24.5 Å². The highest BCUT2D eigenvalue weighted by Crippen LogP contribution is 2.37. The number of carbonyl (C=O) groups is 1. The highest BCUT2D eigenvalue weighted by Gasteiger charge is 2.36. The molecule has 1 heterocycles. The Hall–Kier alpha value is -2.17. The van der Waals surface area contributed by atoms with Crippen LogP contribution in [0.3, 0.4) is 0 Å². The first-order chi connectivity index (χ1) is 9.69. The summed E-state index contributed by atoms with van der Waals surface area (Å²) in [7, 11) is 0. The molecular formula is C15H17N3O2. The zero-order valence-electron chi connectivity index (χ0n) is 11.3. The first-order valence-electron chi connectivity index (χ1n) is 6.93. The second-order valence-corrected chi connectivity index (χ2v) is 5.29. The van der Waals surface area contributed by atoms with E-state index in [1.54, 1.807) is 18.2 Å². The lowest BCUT2D eigenvalue weighted by molar-refractivity contribution is 0.0697. The van der Waals surface area contributed by atoms with Gasteiger partial charge in [0.05, 0.1) is 11.1 Å². The van der Waals surface area contributed by atoms with Crippen LogP contribution in [0.5, 0.6) is 0 Å². The highest BCUT2D eigenvalue weighted by molar-refractivity contribution is 5.96. The van der Waals surface area contributed by atoms with Gasteiger partial charge in [-0.25, -0.2) is 14.8 Å². The largest absolute Gasteiger partial charge is 0.478 e. The van der Waals surface area contributed by atoms with Crippen LogP contribution in [-0.4, -0.2) is 27.1 Å². The Morgan fingerprint density at radius 1 is 1.45 bits per heavy atom. The van der Waals surface area contributed by atoms with E-state index in [0.717, 1.165) is 17.1 Å². The van der Waals surface area contributed by atoms with Crippen LogP contribution in [-0.2, 0) is 0 Å². The minimum atomic E-state index is -0.940. The van der Waals surface area contributed by atoms with E-state index in [0.29, 0.717) is 11.6 Å². The van der Waals surface area contributed by atoms with Crippen molar-refractivity contribution in [2.24, 2.45) is 5.92 Å². The number of aromatic nitrogens is 2. The molecule has 3 rings (SSSR count). The van der Waals surface area contributed by atoms with Crippen molar-refractivity contribution in [1.82, 2.24) is 9.97 Å². The van der Waals surface area contributed by atoms with E-state index >= 15 is 0 Å². The van der Waals surface area contributed by atoms with Gasteiger partial charge in [-0.3, -0.25) is 0 Å². The maximum absolute atomic E-state index is 11.0. The molecule has 0 spiro atoms. The van der Waals surface area contributed by atoms with Crippen molar-refractivity contribution in [1.29, 1.82) is 0 Å². The smallest absolute Gasteiger partial charge is 0.335 e. The lowest BCUT2D eigenvalue weighted by atomic mass is 10.1. The molecule has 2 atom stereocenters. The van der Waals surface area contributed by atoms with Crippen molar-refractivity contribution in [2.75, 3.05) is 5.32 Å². The predicted molar refractivity (Wildman–Crippen MR) is 76.9 cm³/mol. The molecule has 0 aliphatic heterocycles. The number of hydrogen-bond acceptors (Lipinski definition) is 4. The van der Waals surface area contributed by atoms with E-state index in [2.05, 4.69) is 22.2 Å². The average Bonchev–Trinajstić information content (AvgIpc) is 3.17. The Morgan fingerprint density at radius 2 is 2.30 bits per heavy atom. The molecule has 1 aliphatic carbocycles. The molecule has 104 valence electrons. The molecule has 2 N–H and O–H groups in total. The van der Waals surface area contributed by atoms with Crippen molar-refractivity contribution < 1.29 is 9.90 Å². The Balaban J connectivity index is 1.86. The number of benzene rings is 1. The molecule has 1 fully saturated rings. The molecule has 1 aromatic carbocycles. The molecule has 0 bridgehead atoms. The van der Waals surface area contributed by atoms with Crippen molar-refractivity contribution in [3.8, 4) is 0 Å². The van der Waals surface area contributed by atoms with Crippen molar-refractivity contribution in [3.63, 3.8) is 0 Å². The van der Waals surface area contributed by atoms with Crippen molar-refractivity contribution in [2.45, 2.75) is 32.2 Å². The normalized spacial score (nSPS) is 20.9. The van der Waals surface area contributed by atoms with Gasteiger partial charge in [0.2, 0.25) is 0 Å². The summed E-state index contributed by atoms with van der Waals surface area (Å²) in [5.41, 5.74) is 0.910. The second kappa shape index (κ2) is 5.07. The summed E-state index contributed by atoms with van der Waals surface area (Å²) >= 11 is 0. The molecule has 0 radical (unpaired) electrons. The highest BCUT2D eigenvalue weighted by atomic mass is 16.4. The molecule has 2 aromatic rings. The number of fused-ring (bicyclic) bond motifs is 1. The van der Waals surface area contributed by atoms with Crippen LogP contribution in [0.2, 0.25) is 0 Å². The topological polar surface area (TPSA) is 75.1 Å². The maximum atomic E-state index is 11.0. The third-order valence-corrected chi connectivity index (χ3v) is 3.79. The number of carboxylic acid groups (broad SMARTS) is 1. The van der Waals surface area contributed by atoms with Crippen LogP contribution >= 0.6 is 0 Å². The predicted octanol–water partition coefficient (Wildman–Crippen LogP) is 2.93. The first-order valence-corrected chi connectivity index (χ1v) is 6.93. The fraction of sp³-hybridized carbons (Fsp3) is 0.400. The molecule has 2 unspecified atom stereocenters. The molecule has 20 heavy (non-hydrogen) atoms. The summed E-state index contributed by atoms with van der Waals surface area (Å²) in [6.07, 6.45) is 5.11. The van der Waals surface area contributed by atoms with Gasteiger partial charge in [-0.2, -0.15) is 0 Å². The number of rotatable bonds is 5. The molecule has 1 saturated carbocycles. The third kappa shape index (κ3) is 2.43. The summed E-state index contributed by atoms with van der Waals surface area (Å²) in [6.45, 7) is 2.20. The molecule has 5 heteroatoms. The van der Waals surface area contributed by atoms with Crippen LogP contribution in [0.1, 0.15) is 36.5 Å². The zero-order valence-corrected chi connectivity index (χ0v) is 11.3. The zero-order chi connectivity index (χ0) is 14.1. The quantitative estimate of drug-likeness (QED) is 0.874.